The number of benzene rings is 1. The van der Waals surface area contributed by atoms with Crippen LogP contribution in [0.1, 0.15) is 25.3 Å². The predicted octanol–water partition coefficient (Wildman–Crippen LogP) is 2.31. The van der Waals surface area contributed by atoms with Crippen LogP contribution in [0.5, 0.6) is 0 Å². The standard InChI is InChI=1S/C16H23FN2O/c1-3-19-10-8-14(9-11-19)18(2)16(20)12-13-6-4-5-7-15(13)17/h4-7,14H,3,8-12H2,1-2H3. The average Bonchev–Trinajstić information content (AvgIpc) is 2.49. The molecule has 0 aromatic heterocycles. The minimum absolute atomic E-state index is 0.00467. The number of hydrogen-bond donors (Lipinski definition) is 0. The molecule has 1 heterocycles. The molecule has 2 rings (SSSR count). The monoisotopic (exact) mass is 278 g/mol. The Bertz CT molecular complexity index is 456. The molecule has 0 saturated carbocycles. The Hall–Kier alpha value is -1.42. The highest BCUT2D eigenvalue weighted by molar-refractivity contribution is 5.78. The molecule has 1 aliphatic heterocycles. The highest BCUT2D eigenvalue weighted by Gasteiger charge is 2.25. The molecule has 1 fully saturated rings. The summed E-state index contributed by atoms with van der Waals surface area (Å²) >= 11 is 0. The van der Waals surface area contributed by atoms with E-state index in [9.17, 15) is 9.18 Å². The van der Waals surface area contributed by atoms with Crippen molar-refractivity contribution in [3.8, 4) is 0 Å². The molecule has 0 aliphatic carbocycles. The van der Waals surface area contributed by atoms with E-state index in [4.69, 9.17) is 0 Å². The number of carbonyl (C=O) groups is 1. The van der Waals surface area contributed by atoms with Crippen molar-refractivity contribution >= 4 is 5.91 Å². The molecule has 0 spiro atoms. The van der Waals surface area contributed by atoms with E-state index < -0.39 is 0 Å². The van der Waals surface area contributed by atoms with Gasteiger partial charge < -0.3 is 9.80 Å². The van der Waals surface area contributed by atoms with E-state index in [1.165, 1.54) is 6.07 Å². The summed E-state index contributed by atoms with van der Waals surface area (Å²) in [6.07, 6.45) is 2.16. The lowest BCUT2D eigenvalue weighted by Gasteiger charge is -2.36. The first-order chi connectivity index (χ1) is 9.61. The molecule has 0 unspecified atom stereocenters. The Balaban J connectivity index is 1.91. The molecule has 1 aromatic rings. The molecule has 4 heteroatoms. The van der Waals surface area contributed by atoms with Crippen molar-refractivity contribution in [2.24, 2.45) is 0 Å². The minimum atomic E-state index is -0.296. The lowest BCUT2D eigenvalue weighted by Crippen LogP contribution is -2.46. The Labute approximate surface area is 120 Å². The summed E-state index contributed by atoms with van der Waals surface area (Å²) in [6, 6.07) is 6.79. The van der Waals surface area contributed by atoms with Crippen LogP contribution >= 0.6 is 0 Å². The lowest BCUT2D eigenvalue weighted by molar-refractivity contribution is -0.132. The summed E-state index contributed by atoms with van der Waals surface area (Å²) in [6.45, 7) is 5.31. The molecular formula is C16H23FN2O. The van der Waals surface area contributed by atoms with Crippen LogP contribution in [-0.4, -0.2) is 48.4 Å². The van der Waals surface area contributed by atoms with Crippen molar-refractivity contribution in [2.75, 3.05) is 26.7 Å². The van der Waals surface area contributed by atoms with E-state index in [0.717, 1.165) is 32.5 Å². The van der Waals surface area contributed by atoms with E-state index in [2.05, 4.69) is 11.8 Å². The number of amides is 1. The minimum Gasteiger partial charge on any atom is -0.342 e. The van der Waals surface area contributed by atoms with E-state index in [-0.39, 0.29) is 24.2 Å². The number of piperidine rings is 1. The molecule has 0 N–H and O–H groups in total. The van der Waals surface area contributed by atoms with Gasteiger partial charge in [0.1, 0.15) is 5.82 Å². The third-order valence-electron chi connectivity index (χ3n) is 4.24. The largest absolute Gasteiger partial charge is 0.342 e. The summed E-state index contributed by atoms with van der Waals surface area (Å²) in [5.74, 6) is -0.292. The predicted molar refractivity (Wildman–Crippen MR) is 78.0 cm³/mol. The van der Waals surface area contributed by atoms with E-state index in [1.807, 2.05) is 7.05 Å². The molecule has 0 atom stereocenters. The first kappa shape index (κ1) is 15.0. The zero-order valence-corrected chi connectivity index (χ0v) is 12.3. The topological polar surface area (TPSA) is 23.6 Å². The van der Waals surface area contributed by atoms with Crippen LogP contribution in [0.2, 0.25) is 0 Å². The normalized spacial score (nSPS) is 17.1. The molecule has 0 bridgehead atoms. The van der Waals surface area contributed by atoms with Gasteiger partial charge in [-0.05, 0) is 31.0 Å². The third kappa shape index (κ3) is 3.57. The quantitative estimate of drug-likeness (QED) is 0.844. The second-order valence-corrected chi connectivity index (χ2v) is 5.44. The molecule has 3 nitrogen and oxygen atoms in total. The number of halogens is 1. The van der Waals surface area contributed by atoms with Crippen LogP contribution in [0.4, 0.5) is 4.39 Å². The smallest absolute Gasteiger partial charge is 0.227 e. The van der Waals surface area contributed by atoms with Crippen molar-refractivity contribution < 1.29 is 9.18 Å². The fourth-order valence-corrected chi connectivity index (χ4v) is 2.76. The van der Waals surface area contributed by atoms with Gasteiger partial charge >= 0.3 is 0 Å². The number of likely N-dealkylation sites (tertiary alicyclic amines) is 1. The molecule has 0 radical (unpaired) electrons. The van der Waals surface area contributed by atoms with E-state index in [0.29, 0.717) is 5.56 Å². The summed E-state index contributed by atoms with van der Waals surface area (Å²) < 4.78 is 13.6. The lowest BCUT2D eigenvalue weighted by atomic mass is 10.0. The maximum atomic E-state index is 13.6. The van der Waals surface area contributed by atoms with Crippen molar-refractivity contribution in [1.82, 2.24) is 9.80 Å². The molecule has 1 amide bonds. The van der Waals surface area contributed by atoms with Crippen LogP contribution in [-0.2, 0) is 11.2 Å². The van der Waals surface area contributed by atoms with Gasteiger partial charge in [0.25, 0.3) is 0 Å². The van der Waals surface area contributed by atoms with Gasteiger partial charge in [0.05, 0.1) is 6.42 Å². The number of carbonyl (C=O) groups excluding carboxylic acids is 1. The third-order valence-corrected chi connectivity index (χ3v) is 4.24. The van der Waals surface area contributed by atoms with Gasteiger partial charge in [-0.2, -0.15) is 0 Å². The molecule has 1 aromatic carbocycles. The van der Waals surface area contributed by atoms with Gasteiger partial charge in [0, 0.05) is 26.2 Å². The fraction of sp³-hybridized carbons (Fsp3) is 0.562. The zero-order chi connectivity index (χ0) is 14.5. The Kier molecular flexibility index (Phi) is 5.12. The van der Waals surface area contributed by atoms with Gasteiger partial charge in [0.15, 0.2) is 0 Å². The maximum absolute atomic E-state index is 13.6. The van der Waals surface area contributed by atoms with Crippen LogP contribution in [0.15, 0.2) is 24.3 Å². The van der Waals surface area contributed by atoms with E-state index in [1.54, 1.807) is 23.1 Å². The molecular weight excluding hydrogens is 255 g/mol. The Morgan fingerprint density at radius 1 is 1.35 bits per heavy atom. The van der Waals surface area contributed by atoms with Gasteiger partial charge in [-0.25, -0.2) is 4.39 Å². The highest BCUT2D eigenvalue weighted by Crippen LogP contribution is 2.17. The average molecular weight is 278 g/mol. The molecule has 20 heavy (non-hydrogen) atoms. The molecule has 110 valence electrons. The summed E-state index contributed by atoms with van der Waals surface area (Å²) in [5.41, 5.74) is 0.482. The van der Waals surface area contributed by atoms with Crippen LogP contribution in [0.3, 0.4) is 0 Å². The highest BCUT2D eigenvalue weighted by atomic mass is 19.1. The summed E-state index contributed by atoms with van der Waals surface area (Å²) in [4.78, 5) is 16.5. The van der Waals surface area contributed by atoms with Gasteiger partial charge in [-0.15, -0.1) is 0 Å². The van der Waals surface area contributed by atoms with Crippen molar-refractivity contribution in [1.29, 1.82) is 0 Å². The first-order valence-electron chi connectivity index (χ1n) is 7.33. The van der Waals surface area contributed by atoms with Crippen LogP contribution in [0.25, 0.3) is 0 Å². The second-order valence-electron chi connectivity index (χ2n) is 5.44. The number of nitrogens with zero attached hydrogens (tertiary/aromatic N) is 2. The van der Waals surface area contributed by atoms with Crippen molar-refractivity contribution in [3.05, 3.63) is 35.6 Å². The summed E-state index contributed by atoms with van der Waals surface area (Å²) in [7, 11) is 1.84. The SMILES string of the molecule is CCN1CCC(N(C)C(=O)Cc2ccccc2F)CC1. The van der Waals surface area contributed by atoms with Gasteiger partial charge in [-0.3, -0.25) is 4.79 Å². The number of likely N-dealkylation sites (N-methyl/N-ethyl adjacent to an activating group) is 1. The van der Waals surface area contributed by atoms with Crippen molar-refractivity contribution in [2.45, 2.75) is 32.2 Å². The number of rotatable bonds is 4. The molecule has 1 saturated heterocycles. The second kappa shape index (κ2) is 6.84. The van der Waals surface area contributed by atoms with Crippen molar-refractivity contribution in [3.63, 3.8) is 0 Å². The van der Waals surface area contributed by atoms with E-state index >= 15 is 0 Å². The summed E-state index contributed by atoms with van der Waals surface area (Å²) in [5, 5.41) is 0. The van der Waals surface area contributed by atoms with Gasteiger partial charge in [0.2, 0.25) is 5.91 Å². The van der Waals surface area contributed by atoms with Gasteiger partial charge in [-0.1, -0.05) is 25.1 Å². The zero-order valence-electron chi connectivity index (χ0n) is 12.3. The maximum Gasteiger partial charge on any atom is 0.227 e. The first-order valence-corrected chi connectivity index (χ1v) is 7.33. The Morgan fingerprint density at radius 2 is 2.00 bits per heavy atom. The molecule has 1 aliphatic rings. The number of hydrogen-bond acceptors (Lipinski definition) is 2. The fourth-order valence-electron chi connectivity index (χ4n) is 2.76. The van der Waals surface area contributed by atoms with Crippen LogP contribution in [0, 0.1) is 5.82 Å². The Morgan fingerprint density at radius 3 is 2.60 bits per heavy atom. The van der Waals surface area contributed by atoms with Crippen LogP contribution < -0.4 is 0 Å².